The number of ether oxygens (including phenoxy) is 1. The minimum absolute atomic E-state index is 0.159. The van der Waals surface area contributed by atoms with Crippen LogP contribution in [0, 0.1) is 5.41 Å². The van der Waals surface area contributed by atoms with Gasteiger partial charge in [0, 0.05) is 17.5 Å². The van der Waals surface area contributed by atoms with Crippen molar-refractivity contribution >= 4 is 55.8 Å². The van der Waals surface area contributed by atoms with E-state index in [1.807, 2.05) is 38.1 Å². The summed E-state index contributed by atoms with van der Waals surface area (Å²) in [5.74, 6) is -0.709. The van der Waals surface area contributed by atoms with Crippen LogP contribution >= 0.6 is 22.9 Å². The fourth-order valence-corrected chi connectivity index (χ4v) is 4.85. The van der Waals surface area contributed by atoms with Crippen molar-refractivity contribution in [1.82, 2.24) is 10.2 Å². The molecule has 11 heteroatoms. The van der Waals surface area contributed by atoms with Crippen molar-refractivity contribution < 1.29 is 17.9 Å². The molecule has 0 spiro atoms. The Kier molecular flexibility index (Phi) is 7.86. The second kappa shape index (κ2) is 10.5. The van der Waals surface area contributed by atoms with E-state index in [1.165, 1.54) is 19.2 Å². The predicted molar refractivity (Wildman–Crippen MR) is 135 cm³/mol. The van der Waals surface area contributed by atoms with E-state index in [0.29, 0.717) is 15.6 Å². The zero-order chi connectivity index (χ0) is 25.0. The van der Waals surface area contributed by atoms with Crippen LogP contribution in [0.5, 0.6) is 0 Å². The zero-order valence-corrected chi connectivity index (χ0v) is 21.3. The van der Waals surface area contributed by atoms with Gasteiger partial charge in [-0.15, -0.1) is 10.2 Å². The first-order chi connectivity index (χ1) is 16.0. The molecular weight excluding hydrogens is 496 g/mol. The van der Waals surface area contributed by atoms with Crippen molar-refractivity contribution in [1.29, 1.82) is 5.41 Å². The number of carbonyl (C=O) groups excluding carboxylic acids is 1. The van der Waals surface area contributed by atoms with Crippen LogP contribution in [-0.4, -0.2) is 43.7 Å². The van der Waals surface area contributed by atoms with Gasteiger partial charge in [0.25, 0.3) is 0 Å². The first-order valence-electron chi connectivity index (χ1n) is 10.1. The highest BCUT2D eigenvalue weighted by Gasteiger charge is 2.23. The lowest BCUT2D eigenvalue weighted by Gasteiger charge is -2.17. The molecule has 0 bridgehead atoms. The van der Waals surface area contributed by atoms with E-state index in [2.05, 4.69) is 20.3 Å². The molecule has 0 aliphatic carbocycles. The van der Waals surface area contributed by atoms with Crippen LogP contribution in [0.25, 0.3) is 16.3 Å². The van der Waals surface area contributed by atoms with Gasteiger partial charge in [-0.25, -0.2) is 13.2 Å². The smallest absolute Gasteiger partial charge is 0.357 e. The van der Waals surface area contributed by atoms with E-state index >= 15 is 0 Å². The third-order valence-electron chi connectivity index (χ3n) is 4.82. The van der Waals surface area contributed by atoms with Crippen molar-refractivity contribution in [2.45, 2.75) is 24.7 Å². The number of nitrogens with one attached hydrogen (secondary N) is 2. The van der Waals surface area contributed by atoms with Crippen LogP contribution < -0.4 is 5.32 Å². The SMILES string of the molecule is COC(=O)C(=N)/C(Cl)=C(\Nc1ccccc1C(C)C)c1nnc(-c2cccc(S(C)(=O)=O)c2)s1. The molecule has 0 radical (unpaired) electrons. The summed E-state index contributed by atoms with van der Waals surface area (Å²) in [4.78, 5) is 12.2. The van der Waals surface area contributed by atoms with Crippen LogP contribution in [-0.2, 0) is 19.4 Å². The first kappa shape index (κ1) is 25.5. The maximum absolute atomic E-state index is 12.0. The molecule has 2 N–H and O–H groups in total. The minimum atomic E-state index is -3.40. The van der Waals surface area contributed by atoms with Crippen molar-refractivity contribution in [2.75, 3.05) is 18.7 Å². The van der Waals surface area contributed by atoms with Gasteiger partial charge in [0.05, 0.1) is 22.7 Å². The van der Waals surface area contributed by atoms with E-state index in [1.54, 1.807) is 12.1 Å². The highest BCUT2D eigenvalue weighted by molar-refractivity contribution is 7.90. The lowest BCUT2D eigenvalue weighted by molar-refractivity contribution is -0.132. The highest BCUT2D eigenvalue weighted by atomic mass is 35.5. The summed E-state index contributed by atoms with van der Waals surface area (Å²) in [6, 6.07) is 14.0. The van der Waals surface area contributed by atoms with E-state index in [9.17, 15) is 13.2 Å². The third-order valence-corrected chi connectivity index (χ3v) is 7.30. The molecule has 1 heterocycles. The number of sulfone groups is 1. The number of para-hydroxylation sites is 1. The average Bonchev–Trinajstić information content (AvgIpc) is 3.30. The van der Waals surface area contributed by atoms with Gasteiger partial charge in [0.15, 0.2) is 20.6 Å². The number of benzene rings is 2. The van der Waals surface area contributed by atoms with Crippen LogP contribution in [0.3, 0.4) is 0 Å². The summed E-state index contributed by atoms with van der Waals surface area (Å²) in [5, 5.41) is 20.3. The number of aromatic nitrogens is 2. The topological polar surface area (TPSA) is 122 Å². The molecule has 0 saturated carbocycles. The Morgan fingerprint density at radius 1 is 1.15 bits per heavy atom. The first-order valence-corrected chi connectivity index (χ1v) is 13.2. The number of hydrogen-bond acceptors (Lipinski definition) is 9. The Bertz CT molecular complexity index is 1380. The van der Waals surface area contributed by atoms with Gasteiger partial charge in [0.1, 0.15) is 5.01 Å². The number of anilines is 1. The molecule has 0 aliphatic heterocycles. The van der Waals surface area contributed by atoms with Crippen molar-refractivity contribution in [2.24, 2.45) is 0 Å². The number of methoxy groups -OCH3 is 1. The number of hydrogen-bond donors (Lipinski definition) is 2. The van der Waals surface area contributed by atoms with Gasteiger partial charge in [-0.2, -0.15) is 0 Å². The summed E-state index contributed by atoms with van der Waals surface area (Å²) < 4.78 is 28.5. The number of carbonyl (C=O) groups is 1. The molecule has 3 rings (SSSR count). The summed E-state index contributed by atoms with van der Waals surface area (Å²) in [7, 11) is -2.23. The van der Waals surface area contributed by atoms with Crippen LogP contribution in [0.4, 0.5) is 5.69 Å². The molecule has 0 amide bonds. The van der Waals surface area contributed by atoms with Gasteiger partial charge < -0.3 is 10.1 Å². The zero-order valence-electron chi connectivity index (χ0n) is 18.9. The van der Waals surface area contributed by atoms with Gasteiger partial charge in [-0.1, -0.05) is 67.1 Å². The van der Waals surface area contributed by atoms with Gasteiger partial charge >= 0.3 is 5.97 Å². The molecule has 34 heavy (non-hydrogen) atoms. The molecule has 1 aromatic heterocycles. The number of rotatable bonds is 8. The molecule has 3 aromatic rings. The van der Waals surface area contributed by atoms with Crippen LogP contribution in [0.2, 0.25) is 0 Å². The highest BCUT2D eigenvalue weighted by Crippen LogP contribution is 2.34. The summed E-state index contributed by atoms with van der Waals surface area (Å²) in [5.41, 5.74) is 1.98. The normalized spacial score (nSPS) is 12.3. The number of halogens is 1. The van der Waals surface area contributed by atoms with Crippen molar-refractivity contribution in [3.8, 4) is 10.6 Å². The second-order valence-corrected chi connectivity index (χ2v) is 11.0. The largest absolute Gasteiger partial charge is 0.464 e. The van der Waals surface area contributed by atoms with Crippen molar-refractivity contribution in [3.63, 3.8) is 0 Å². The number of nitrogens with zero attached hydrogens (tertiary/aromatic N) is 2. The minimum Gasteiger partial charge on any atom is -0.464 e. The predicted octanol–water partition coefficient (Wildman–Crippen LogP) is 4.94. The summed E-state index contributed by atoms with van der Waals surface area (Å²) in [6.07, 6.45) is 1.13. The lowest BCUT2D eigenvalue weighted by Crippen LogP contribution is -2.17. The van der Waals surface area contributed by atoms with E-state index < -0.39 is 21.5 Å². The van der Waals surface area contributed by atoms with Crippen molar-refractivity contribution in [3.05, 3.63) is 64.1 Å². The number of esters is 1. The molecule has 0 aliphatic rings. The van der Waals surface area contributed by atoms with Crippen LogP contribution in [0.15, 0.2) is 58.5 Å². The molecule has 0 atom stereocenters. The van der Waals surface area contributed by atoms with E-state index in [0.717, 1.165) is 28.8 Å². The quantitative estimate of drug-likeness (QED) is 0.319. The Hall–Kier alpha value is -3.08. The fourth-order valence-electron chi connectivity index (χ4n) is 3.07. The lowest BCUT2D eigenvalue weighted by atomic mass is 10.0. The third kappa shape index (κ3) is 5.69. The average molecular weight is 519 g/mol. The monoisotopic (exact) mass is 518 g/mol. The molecule has 0 saturated heterocycles. The summed E-state index contributed by atoms with van der Waals surface area (Å²) in [6.45, 7) is 4.08. The van der Waals surface area contributed by atoms with Gasteiger partial charge in [-0.3, -0.25) is 5.41 Å². The molecule has 8 nitrogen and oxygen atoms in total. The van der Waals surface area contributed by atoms with E-state index in [-0.39, 0.29) is 21.5 Å². The molecule has 178 valence electrons. The van der Waals surface area contributed by atoms with Gasteiger partial charge in [0.2, 0.25) is 0 Å². The Morgan fingerprint density at radius 3 is 2.50 bits per heavy atom. The molecule has 0 fully saturated rings. The Labute approximate surface area is 207 Å². The van der Waals surface area contributed by atoms with Crippen LogP contribution in [0.1, 0.15) is 30.3 Å². The fraction of sp³-hybridized carbons (Fsp3) is 0.217. The molecular formula is C23H23ClN4O4S2. The van der Waals surface area contributed by atoms with E-state index in [4.69, 9.17) is 17.0 Å². The molecule has 0 unspecified atom stereocenters. The van der Waals surface area contributed by atoms with Gasteiger partial charge in [-0.05, 0) is 29.7 Å². The summed E-state index contributed by atoms with van der Waals surface area (Å²) >= 11 is 7.62. The Balaban J connectivity index is 2.12. The standard InChI is InChI=1S/C23H23ClN4O4S2/c1-13(2)16-10-5-6-11-17(16)26-20(18(24)19(25)23(29)32-3)22-28-27-21(33-22)14-8-7-9-15(12-14)34(4,30)31/h5-13,25-26H,1-4H3/b20-18+,25-19?. The maximum atomic E-state index is 12.0. The second-order valence-electron chi connectivity index (χ2n) is 7.63. The maximum Gasteiger partial charge on any atom is 0.357 e. The Morgan fingerprint density at radius 2 is 1.85 bits per heavy atom. The molecule has 2 aromatic carbocycles.